The fourth-order valence-corrected chi connectivity index (χ4v) is 2.41. The SMILES string of the molecule is Cc1cc(C(=O)NNC(=O)c2ccc(Oc3ccccc3)cc2)c(C)o1. The summed E-state index contributed by atoms with van der Waals surface area (Å²) in [7, 11) is 0. The third-order valence-electron chi connectivity index (χ3n) is 3.67. The predicted molar refractivity (Wildman–Crippen MR) is 96.1 cm³/mol. The maximum atomic E-state index is 12.2. The Bertz CT molecular complexity index is 915. The molecule has 6 heteroatoms. The molecule has 6 nitrogen and oxygen atoms in total. The second kappa shape index (κ2) is 7.57. The van der Waals surface area contributed by atoms with Crippen LogP contribution >= 0.6 is 0 Å². The molecule has 132 valence electrons. The van der Waals surface area contributed by atoms with E-state index in [-0.39, 0.29) is 0 Å². The Morgan fingerprint density at radius 1 is 0.846 bits per heavy atom. The number of carbonyl (C=O) groups is 2. The summed E-state index contributed by atoms with van der Waals surface area (Å²) in [5.41, 5.74) is 5.54. The van der Waals surface area contributed by atoms with Crippen LogP contribution in [0.5, 0.6) is 11.5 Å². The standard InChI is InChI=1S/C20H18N2O4/c1-13-12-18(14(2)25-13)20(24)22-21-19(23)15-8-10-17(11-9-15)26-16-6-4-3-5-7-16/h3-12H,1-2H3,(H,21,23)(H,22,24). The third-order valence-corrected chi connectivity index (χ3v) is 3.67. The molecule has 0 aliphatic heterocycles. The van der Waals surface area contributed by atoms with E-state index in [4.69, 9.17) is 9.15 Å². The van der Waals surface area contributed by atoms with Gasteiger partial charge in [-0.15, -0.1) is 0 Å². The van der Waals surface area contributed by atoms with Gasteiger partial charge in [-0.1, -0.05) is 18.2 Å². The molecular formula is C20H18N2O4. The van der Waals surface area contributed by atoms with Gasteiger partial charge in [0.2, 0.25) is 0 Å². The predicted octanol–water partition coefficient (Wildman–Crippen LogP) is 3.76. The molecule has 0 aliphatic carbocycles. The molecule has 0 unspecified atom stereocenters. The lowest BCUT2D eigenvalue weighted by Gasteiger charge is -2.08. The quantitative estimate of drug-likeness (QED) is 0.702. The van der Waals surface area contributed by atoms with Gasteiger partial charge in [0, 0.05) is 5.56 Å². The first-order valence-corrected chi connectivity index (χ1v) is 8.03. The molecule has 0 saturated carbocycles. The molecule has 2 N–H and O–H groups in total. The Morgan fingerprint density at radius 2 is 1.46 bits per heavy atom. The molecule has 0 aliphatic rings. The summed E-state index contributed by atoms with van der Waals surface area (Å²) in [5, 5.41) is 0. The average molecular weight is 350 g/mol. The molecule has 26 heavy (non-hydrogen) atoms. The summed E-state index contributed by atoms with van der Waals surface area (Å²) < 4.78 is 11.0. The Balaban J connectivity index is 1.58. The van der Waals surface area contributed by atoms with Crippen molar-refractivity contribution in [2.24, 2.45) is 0 Å². The molecule has 0 bridgehead atoms. The van der Waals surface area contributed by atoms with E-state index >= 15 is 0 Å². The Hall–Kier alpha value is -3.54. The Morgan fingerprint density at radius 3 is 2.08 bits per heavy atom. The second-order valence-corrected chi connectivity index (χ2v) is 5.67. The number of furan rings is 1. The van der Waals surface area contributed by atoms with Crippen LogP contribution < -0.4 is 15.6 Å². The zero-order valence-corrected chi connectivity index (χ0v) is 14.4. The zero-order valence-electron chi connectivity index (χ0n) is 14.4. The van der Waals surface area contributed by atoms with Crippen molar-refractivity contribution < 1.29 is 18.7 Å². The highest BCUT2D eigenvalue weighted by Gasteiger charge is 2.14. The smallest absolute Gasteiger partial charge is 0.273 e. The van der Waals surface area contributed by atoms with Crippen LogP contribution in [0.3, 0.4) is 0 Å². The van der Waals surface area contributed by atoms with Crippen LogP contribution in [0.25, 0.3) is 0 Å². The highest BCUT2D eigenvalue weighted by molar-refractivity contribution is 5.99. The molecule has 3 rings (SSSR count). The van der Waals surface area contributed by atoms with E-state index in [0.29, 0.717) is 34.1 Å². The molecule has 1 aromatic heterocycles. The van der Waals surface area contributed by atoms with E-state index in [9.17, 15) is 9.59 Å². The molecule has 0 saturated heterocycles. The minimum Gasteiger partial charge on any atom is -0.466 e. The minimum absolute atomic E-state index is 0.384. The summed E-state index contributed by atoms with van der Waals surface area (Å²) in [6.45, 7) is 3.44. The van der Waals surface area contributed by atoms with E-state index in [1.807, 2.05) is 30.3 Å². The number of nitrogens with one attached hydrogen (secondary N) is 2. The normalized spacial score (nSPS) is 10.2. The number of amides is 2. The highest BCUT2D eigenvalue weighted by Crippen LogP contribution is 2.21. The summed E-state index contributed by atoms with van der Waals surface area (Å²) in [4.78, 5) is 24.2. The lowest BCUT2D eigenvalue weighted by Crippen LogP contribution is -2.41. The van der Waals surface area contributed by atoms with Crippen LogP contribution in [0, 0.1) is 13.8 Å². The van der Waals surface area contributed by atoms with E-state index in [1.165, 1.54) is 0 Å². The molecule has 2 aromatic carbocycles. The summed E-state index contributed by atoms with van der Waals surface area (Å²) in [5.74, 6) is 1.59. The van der Waals surface area contributed by atoms with Crippen molar-refractivity contribution >= 4 is 11.8 Å². The number of aryl methyl sites for hydroxylation is 2. The molecule has 3 aromatic rings. The van der Waals surface area contributed by atoms with Crippen LogP contribution in [-0.4, -0.2) is 11.8 Å². The highest BCUT2D eigenvalue weighted by atomic mass is 16.5. The van der Waals surface area contributed by atoms with Gasteiger partial charge in [-0.05, 0) is 56.3 Å². The van der Waals surface area contributed by atoms with E-state index in [0.717, 1.165) is 0 Å². The van der Waals surface area contributed by atoms with Gasteiger partial charge >= 0.3 is 0 Å². The number of hydrazine groups is 1. The van der Waals surface area contributed by atoms with Gasteiger partial charge in [0.1, 0.15) is 23.0 Å². The first-order valence-electron chi connectivity index (χ1n) is 8.03. The topological polar surface area (TPSA) is 80.6 Å². The van der Waals surface area contributed by atoms with Crippen molar-refractivity contribution in [1.29, 1.82) is 0 Å². The van der Waals surface area contributed by atoms with Gasteiger partial charge in [-0.25, -0.2) is 0 Å². The number of ether oxygens (including phenoxy) is 1. The van der Waals surface area contributed by atoms with E-state index in [2.05, 4.69) is 10.9 Å². The molecular weight excluding hydrogens is 332 g/mol. The number of hydrogen-bond donors (Lipinski definition) is 2. The van der Waals surface area contributed by atoms with E-state index in [1.54, 1.807) is 44.2 Å². The summed E-state index contributed by atoms with van der Waals surface area (Å²) in [6.07, 6.45) is 0. The second-order valence-electron chi connectivity index (χ2n) is 5.67. The van der Waals surface area contributed by atoms with Gasteiger partial charge < -0.3 is 9.15 Å². The number of benzene rings is 2. The third kappa shape index (κ3) is 4.10. The molecule has 0 fully saturated rings. The zero-order chi connectivity index (χ0) is 18.5. The molecule has 0 radical (unpaired) electrons. The van der Waals surface area contributed by atoms with Crippen molar-refractivity contribution in [2.45, 2.75) is 13.8 Å². The number of hydrogen-bond acceptors (Lipinski definition) is 4. The van der Waals surface area contributed by atoms with Gasteiger partial charge in [0.25, 0.3) is 11.8 Å². The van der Waals surface area contributed by atoms with Crippen LogP contribution in [0.4, 0.5) is 0 Å². The first kappa shape index (κ1) is 17.3. The fraction of sp³-hybridized carbons (Fsp3) is 0.100. The molecule has 2 amide bonds. The lowest BCUT2D eigenvalue weighted by molar-refractivity contribution is 0.0845. The Labute approximate surface area is 150 Å². The molecule has 1 heterocycles. The molecule has 0 atom stereocenters. The lowest BCUT2D eigenvalue weighted by atomic mass is 10.2. The van der Waals surface area contributed by atoms with Crippen molar-refractivity contribution in [1.82, 2.24) is 10.9 Å². The summed E-state index contributed by atoms with van der Waals surface area (Å²) >= 11 is 0. The van der Waals surface area contributed by atoms with E-state index < -0.39 is 11.8 Å². The minimum atomic E-state index is -0.434. The van der Waals surface area contributed by atoms with Crippen molar-refractivity contribution in [3.63, 3.8) is 0 Å². The van der Waals surface area contributed by atoms with Crippen LogP contribution in [0.15, 0.2) is 65.1 Å². The van der Waals surface area contributed by atoms with Crippen molar-refractivity contribution in [2.75, 3.05) is 0 Å². The van der Waals surface area contributed by atoms with Gasteiger partial charge in [-0.3, -0.25) is 20.4 Å². The number of para-hydroxylation sites is 1. The monoisotopic (exact) mass is 350 g/mol. The fourth-order valence-electron chi connectivity index (χ4n) is 2.41. The average Bonchev–Trinajstić information content (AvgIpc) is 2.99. The maximum Gasteiger partial charge on any atom is 0.273 e. The number of carbonyl (C=O) groups excluding carboxylic acids is 2. The Kier molecular flexibility index (Phi) is 5.03. The van der Waals surface area contributed by atoms with Gasteiger partial charge in [0.05, 0.1) is 5.56 Å². The van der Waals surface area contributed by atoms with Crippen molar-refractivity contribution in [3.8, 4) is 11.5 Å². The summed E-state index contributed by atoms with van der Waals surface area (Å²) in [6, 6.07) is 17.6. The first-order chi connectivity index (χ1) is 12.5. The van der Waals surface area contributed by atoms with Gasteiger partial charge in [0.15, 0.2) is 0 Å². The largest absolute Gasteiger partial charge is 0.466 e. The van der Waals surface area contributed by atoms with Gasteiger partial charge in [-0.2, -0.15) is 0 Å². The van der Waals surface area contributed by atoms with Crippen LogP contribution in [0.2, 0.25) is 0 Å². The molecule has 0 spiro atoms. The number of rotatable bonds is 4. The van der Waals surface area contributed by atoms with Crippen molar-refractivity contribution in [3.05, 3.63) is 83.3 Å². The maximum absolute atomic E-state index is 12.2. The van der Waals surface area contributed by atoms with Crippen LogP contribution in [-0.2, 0) is 0 Å². The van der Waals surface area contributed by atoms with Crippen LogP contribution in [0.1, 0.15) is 32.2 Å².